The van der Waals surface area contributed by atoms with E-state index in [0.717, 1.165) is 60.5 Å². The lowest BCUT2D eigenvalue weighted by atomic mass is 9.98. The summed E-state index contributed by atoms with van der Waals surface area (Å²) in [6, 6.07) is 0. The van der Waals surface area contributed by atoms with Crippen LogP contribution in [0.5, 0.6) is 0 Å². The number of thiazole rings is 1. The van der Waals surface area contributed by atoms with Gasteiger partial charge in [-0.25, -0.2) is 15.0 Å². The van der Waals surface area contributed by atoms with Gasteiger partial charge in [0.05, 0.1) is 11.8 Å². The molecule has 3 rings (SSSR count). The molecule has 1 N–H and O–H groups in total. The average molecular weight is 574 g/mol. The van der Waals surface area contributed by atoms with Crippen LogP contribution < -0.4 is 21.9 Å². The lowest BCUT2D eigenvalue weighted by Crippen LogP contribution is -3.00. The summed E-state index contributed by atoms with van der Waals surface area (Å²) in [5.74, 6) is -0.0970. The molecule has 1 aliphatic carbocycles. The number of hydrogen-bond acceptors (Lipinski definition) is 8. The maximum absolute atomic E-state index is 11.4. The fourth-order valence-corrected chi connectivity index (χ4v) is 5.93. The van der Waals surface area contributed by atoms with Crippen LogP contribution in [0.1, 0.15) is 72.0 Å². The van der Waals surface area contributed by atoms with E-state index in [1.165, 1.54) is 55.2 Å². The maximum Gasteiger partial charge on any atom is 1.00 e. The molecule has 0 aliphatic heterocycles. The molecule has 2 aromatic rings. The first-order chi connectivity index (χ1) is 15.9. The summed E-state index contributed by atoms with van der Waals surface area (Å²) < 4.78 is 6.00. The minimum absolute atomic E-state index is 0. The largest absolute Gasteiger partial charge is 1.00 e. The third-order valence-corrected chi connectivity index (χ3v) is 8.06. The Kier molecular flexibility index (Phi) is 12.2. The van der Waals surface area contributed by atoms with E-state index >= 15 is 0 Å². The first kappa shape index (κ1) is 29.0. The van der Waals surface area contributed by atoms with Gasteiger partial charge in [-0.3, -0.25) is 4.79 Å². The van der Waals surface area contributed by atoms with E-state index in [2.05, 4.69) is 26.8 Å². The number of aryl methyl sites for hydroxylation is 1. The molecule has 0 spiro atoms. The number of rotatable bonds is 13. The molecule has 0 bridgehead atoms. The molecule has 34 heavy (non-hydrogen) atoms. The number of halogens is 1. The van der Waals surface area contributed by atoms with Crippen LogP contribution in [0.3, 0.4) is 0 Å². The topological polar surface area (TPSA) is 88.4 Å². The predicted molar refractivity (Wildman–Crippen MR) is 136 cm³/mol. The average Bonchev–Trinajstić information content (AvgIpc) is 3.25. The van der Waals surface area contributed by atoms with Gasteiger partial charge < -0.3 is 31.7 Å². The standard InChI is InChI=1S/C24H36N4O3S2.BrH/c1-4-18-15-25-22(26-16-18)28(12-8-14-31-20-9-6-5-7-10-20)13-11-19-17-32-23(27-19)33-24(2,3)21(29)30;/h15-17,20H,4-14H2,1-3H3,(H,29,30);1H. The van der Waals surface area contributed by atoms with Crippen molar-refractivity contribution in [2.75, 3.05) is 24.6 Å². The molecule has 190 valence electrons. The Bertz CT molecular complexity index is 880. The number of thioether (sulfide) groups is 1. The van der Waals surface area contributed by atoms with Crippen LogP contribution in [-0.4, -0.2) is 56.6 Å². The van der Waals surface area contributed by atoms with E-state index in [0.29, 0.717) is 6.10 Å². The molecule has 0 radical (unpaired) electrons. The van der Waals surface area contributed by atoms with Crippen LogP contribution in [0.4, 0.5) is 5.95 Å². The highest BCUT2D eigenvalue weighted by atomic mass is 79.9. The zero-order chi connectivity index (χ0) is 23.7. The maximum atomic E-state index is 11.4. The van der Waals surface area contributed by atoms with Crippen molar-refractivity contribution in [1.29, 1.82) is 0 Å². The molecule has 7 nitrogen and oxygen atoms in total. The van der Waals surface area contributed by atoms with Crippen LogP contribution in [0, 0.1) is 0 Å². The number of hydrogen-bond donors (Lipinski definition) is 1. The Labute approximate surface area is 223 Å². The van der Waals surface area contributed by atoms with Gasteiger partial charge in [0, 0.05) is 43.9 Å². The number of aromatic nitrogens is 3. The number of nitrogens with zero attached hydrogens (tertiary/aromatic N) is 4. The lowest BCUT2D eigenvalue weighted by molar-refractivity contribution is -0.138. The van der Waals surface area contributed by atoms with Crippen molar-refractivity contribution in [2.24, 2.45) is 0 Å². The Morgan fingerprint density at radius 3 is 2.62 bits per heavy atom. The molecule has 0 unspecified atom stereocenters. The number of carboxylic acids is 1. The zero-order valence-electron chi connectivity index (χ0n) is 21.3. The van der Waals surface area contributed by atoms with Crippen molar-refractivity contribution < 1.29 is 33.0 Å². The molecule has 1 aliphatic rings. The zero-order valence-corrected chi connectivity index (χ0v) is 23.6. The van der Waals surface area contributed by atoms with Crippen molar-refractivity contribution >= 4 is 35.0 Å². The molecule has 2 heterocycles. The molecule has 0 amide bonds. The van der Waals surface area contributed by atoms with Crippen LogP contribution in [-0.2, 0) is 22.4 Å². The third kappa shape index (κ3) is 9.09. The summed E-state index contributed by atoms with van der Waals surface area (Å²) in [7, 11) is 0. The summed E-state index contributed by atoms with van der Waals surface area (Å²) in [5, 5.41) is 11.4. The van der Waals surface area contributed by atoms with E-state index in [4.69, 9.17) is 4.74 Å². The second kappa shape index (κ2) is 14.4. The molecule has 1 saturated carbocycles. The molecule has 0 atom stereocenters. The molecule has 0 saturated heterocycles. The highest BCUT2D eigenvalue weighted by Crippen LogP contribution is 2.34. The van der Waals surface area contributed by atoms with Gasteiger partial charge >= 0.3 is 7.40 Å². The van der Waals surface area contributed by atoms with E-state index in [-0.39, 0.29) is 18.4 Å². The first-order valence-corrected chi connectivity index (χ1v) is 13.6. The second-order valence-corrected chi connectivity index (χ2v) is 11.7. The van der Waals surface area contributed by atoms with Crippen molar-refractivity contribution in [2.45, 2.75) is 87.3 Å². The fraction of sp³-hybridized carbons (Fsp3) is 0.667. The van der Waals surface area contributed by atoms with Crippen LogP contribution in [0.15, 0.2) is 22.1 Å². The van der Waals surface area contributed by atoms with Gasteiger partial charge in [-0.1, -0.05) is 37.9 Å². The summed E-state index contributed by atoms with van der Waals surface area (Å²) in [6.45, 7) is 7.85. The minimum atomic E-state index is -0.894. The Morgan fingerprint density at radius 1 is 1.26 bits per heavy atom. The van der Waals surface area contributed by atoms with Crippen LogP contribution >= 0.6 is 23.1 Å². The Morgan fingerprint density at radius 2 is 1.97 bits per heavy atom. The first-order valence-electron chi connectivity index (χ1n) is 11.9. The number of ether oxygens (including phenoxy) is 1. The molecule has 2 aromatic heterocycles. The highest BCUT2D eigenvalue weighted by molar-refractivity contribution is 8.02. The number of carboxylic acid groups (broad SMARTS) is 1. The van der Waals surface area contributed by atoms with Crippen molar-refractivity contribution in [3.05, 3.63) is 29.0 Å². The van der Waals surface area contributed by atoms with Gasteiger partial charge in [-0.2, -0.15) is 0 Å². The normalized spacial score (nSPS) is 14.6. The van der Waals surface area contributed by atoms with E-state index < -0.39 is 10.7 Å². The minimum Gasteiger partial charge on any atom is -1.00 e. The Hall–Kier alpha value is -1.23. The van der Waals surface area contributed by atoms with Gasteiger partial charge in [0.1, 0.15) is 4.75 Å². The lowest BCUT2D eigenvalue weighted by Gasteiger charge is -2.24. The highest BCUT2D eigenvalue weighted by Gasteiger charge is 2.29. The number of anilines is 1. The van der Waals surface area contributed by atoms with Crippen molar-refractivity contribution in [3.8, 4) is 0 Å². The van der Waals surface area contributed by atoms with Crippen molar-refractivity contribution in [3.63, 3.8) is 0 Å². The van der Waals surface area contributed by atoms with E-state index in [9.17, 15) is 9.90 Å². The summed E-state index contributed by atoms with van der Waals surface area (Å²) in [6.07, 6.45) is 13.1. The smallest absolute Gasteiger partial charge is 1.00 e. The number of carbonyl (C=O) groups is 1. The summed E-state index contributed by atoms with van der Waals surface area (Å²) in [5.41, 5.74) is 2.10. The Balaban J connectivity index is 0.00000306. The van der Waals surface area contributed by atoms with Crippen LogP contribution in [0.25, 0.3) is 0 Å². The van der Waals surface area contributed by atoms with Gasteiger partial charge in [-0.15, -0.1) is 11.3 Å². The molecular weight excluding hydrogens is 536 g/mol. The molecule has 10 heteroatoms. The molecule has 0 aromatic carbocycles. The molecular formula is C24H37BrN4O3S2. The van der Waals surface area contributed by atoms with Gasteiger partial charge in [0.2, 0.25) is 5.95 Å². The van der Waals surface area contributed by atoms with E-state index in [1.807, 2.05) is 17.8 Å². The SMILES string of the molecule is CCc1cnc(N(CCCOC2CCCCC2)CCc2csc(SC(C)(C)C(=O)O)n2)nc1.[Br-].[H+]. The third-order valence-electron chi connectivity index (χ3n) is 5.89. The predicted octanol–water partition coefficient (Wildman–Crippen LogP) is 2.36. The second-order valence-electron chi connectivity index (χ2n) is 8.99. The monoisotopic (exact) mass is 572 g/mol. The molecule has 1 fully saturated rings. The van der Waals surface area contributed by atoms with Gasteiger partial charge in [0.15, 0.2) is 4.34 Å². The quantitative estimate of drug-likeness (QED) is 0.289. The number of aliphatic carboxylic acids is 1. The van der Waals surface area contributed by atoms with Crippen molar-refractivity contribution in [1.82, 2.24) is 15.0 Å². The fourth-order valence-electron chi connectivity index (χ4n) is 3.70. The van der Waals surface area contributed by atoms with E-state index in [1.54, 1.807) is 13.8 Å². The summed E-state index contributed by atoms with van der Waals surface area (Å²) >= 11 is 2.80. The van der Waals surface area contributed by atoms with Crippen LogP contribution in [0.2, 0.25) is 0 Å². The summed E-state index contributed by atoms with van der Waals surface area (Å²) in [4.78, 5) is 27.4. The van der Waals surface area contributed by atoms with Gasteiger partial charge in [0.25, 0.3) is 0 Å². The van der Waals surface area contributed by atoms with Gasteiger partial charge in [-0.05, 0) is 45.1 Å².